The molecule has 1 aromatic carbocycles. The highest BCUT2D eigenvalue weighted by molar-refractivity contribution is 5.79. The molecule has 2 heterocycles. The van der Waals surface area contributed by atoms with Crippen LogP contribution in [-0.4, -0.2) is 36.2 Å². The minimum atomic E-state index is -0.170. The molecule has 6 heteroatoms. The summed E-state index contributed by atoms with van der Waals surface area (Å²) >= 11 is 0. The van der Waals surface area contributed by atoms with Gasteiger partial charge in [0.05, 0.1) is 18.8 Å². The number of guanidine groups is 1. The number of aliphatic imine (C=N–C) groups is 1. The largest absolute Gasteiger partial charge is 0.488 e. The van der Waals surface area contributed by atoms with E-state index in [2.05, 4.69) is 40.5 Å². The highest BCUT2D eigenvalue weighted by Gasteiger charge is 2.32. The van der Waals surface area contributed by atoms with E-state index in [0.717, 1.165) is 36.1 Å². The molecular weight excluding hydrogens is 340 g/mol. The molecule has 27 heavy (non-hydrogen) atoms. The van der Waals surface area contributed by atoms with Crippen molar-refractivity contribution in [3.05, 3.63) is 53.9 Å². The van der Waals surface area contributed by atoms with Crippen LogP contribution in [0.25, 0.3) is 0 Å². The first-order valence-corrected chi connectivity index (χ1v) is 9.43. The van der Waals surface area contributed by atoms with Crippen molar-refractivity contribution in [1.29, 1.82) is 0 Å². The maximum absolute atomic E-state index is 6.04. The Labute approximate surface area is 161 Å². The number of ether oxygens (including phenoxy) is 2. The minimum Gasteiger partial charge on any atom is -0.488 e. The van der Waals surface area contributed by atoms with Gasteiger partial charge in [0.1, 0.15) is 12.2 Å². The molecule has 1 aromatic heterocycles. The lowest BCUT2D eigenvalue weighted by Crippen LogP contribution is -2.39. The predicted octanol–water partition coefficient (Wildman–Crippen LogP) is 2.93. The van der Waals surface area contributed by atoms with Crippen LogP contribution in [0.4, 0.5) is 0 Å². The summed E-state index contributed by atoms with van der Waals surface area (Å²) in [4.78, 5) is 8.85. The van der Waals surface area contributed by atoms with Crippen LogP contribution in [0.15, 0.2) is 47.6 Å². The molecule has 2 N–H and O–H groups in total. The number of nitrogens with one attached hydrogen (secondary N) is 2. The Bertz CT molecular complexity index is 775. The molecule has 0 bridgehead atoms. The van der Waals surface area contributed by atoms with Gasteiger partial charge in [0.15, 0.2) is 17.5 Å². The van der Waals surface area contributed by atoms with Gasteiger partial charge < -0.3 is 20.1 Å². The number of para-hydroxylation sites is 1. The average Bonchev–Trinajstić information content (AvgIpc) is 2.98. The van der Waals surface area contributed by atoms with Crippen molar-refractivity contribution in [2.45, 2.75) is 39.3 Å². The maximum atomic E-state index is 6.04. The second kappa shape index (κ2) is 8.75. The second-order valence-electron chi connectivity index (χ2n) is 7.07. The van der Waals surface area contributed by atoms with Crippen molar-refractivity contribution in [2.75, 3.05) is 19.7 Å². The Morgan fingerprint density at radius 3 is 2.89 bits per heavy atom. The highest BCUT2D eigenvalue weighted by Crippen LogP contribution is 2.41. The van der Waals surface area contributed by atoms with E-state index in [0.29, 0.717) is 19.7 Å². The van der Waals surface area contributed by atoms with Crippen molar-refractivity contribution in [1.82, 2.24) is 15.6 Å². The summed E-state index contributed by atoms with van der Waals surface area (Å²) in [5.74, 6) is 2.43. The Morgan fingerprint density at radius 1 is 1.22 bits per heavy atom. The van der Waals surface area contributed by atoms with Crippen LogP contribution in [-0.2, 0) is 13.0 Å². The molecule has 0 unspecified atom stereocenters. The predicted molar refractivity (Wildman–Crippen MR) is 107 cm³/mol. The van der Waals surface area contributed by atoms with Gasteiger partial charge in [0.2, 0.25) is 0 Å². The lowest BCUT2D eigenvalue weighted by atomic mass is 10.0. The number of pyridine rings is 1. The van der Waals surface area contributed by atoms with Crippen molar-refractivity contribution in [3.63, 3.8) is 0 Å². The fraction of sp³-hybridized carbons (Fsp3) is 0.429. The summed E-state index contributed by atoms with van der Waals surface area (Å²) in [6.45, 7) is 8.73. The zero-order valence-corrected chi connectivity index (χ0v) is 16.3. The van der Waals surface area contributed by atoms with E-state index in [1.165, 1.54) is 5.56 Å². The molecule has 0 atom stereocenters. The molecule has 1 aliphatic heterocycles. The third-order valence-corrected chi connectivity index (χ3v) is 4.18. The number of hydrogen-bond donors (Lipinski definition) is 2. The molecule has 3 rings (SSSR count). The minimum absolute atomic E-state index is 0.170. The standard InChI is InChI=1S/C21H28N4O2/c1-4-22-20(25-15-17-9-5-6-11-23-17)24-12-13-26-18-10-7-8-16-14-21(2,3)27-19(16)18/h5-11H,4,12-15H2,1-3H3,(H2,22,24,25). The molecule has 0 saturated heterocycles. The van der Waals surface area contributed by atoms with Crippen LogP contribution in [0.3, 0.4) is 0 Å². The zero-order valence-electron chi connectivity index (χ0n) is 16.3. The molecule has 0 fully saturated rings. The third-order valence-electron chi connectivity index (χ3n) is 4.18. The first-order valence-electron chi connectivity index (χ1n) is 9.43. The van der Waals surface area contributed by atoms with Gasteiger partial charge >= 0.3 is 0 Å². The topological polar surface area (TPSA) is 67.8 Å². The number of nitrogens with zero attached hydrogens (tertiary/aromatic N) is 2. The van der Waals surface area contributed by atoms with Crippen molar-refractivity contribution in [2.24, 2.45) is 4.99 Å². The summed E-state index contributed by atoms with van der Waals surface area (Å²) in [5, 5.41) is 6.53. The van der Waals surface area contributed by atoms with Crippen LogP contribution in [0.1, 0.15) is 32.0 Å². The van der Waals surface area contributed by atoms with Gasteiger partial charge in [0.25, 0.3) is 0 Å². The first-order chi connectivity index (χ1) is 13.1. The lowest BCUT2D eigenvalue weighted by Gasteiger charge is -2.18. The molecule has 0 saturated carbocycles. The van der Waals surface area contributed by atoms with Crippen LogP contribution >= 0.6 is 0 Å². The van der Waals surface area contributed by atoms with Gasteiger partial charge in [-0.05, 0) is 39.0 Å². The molecule has 1 aliphatic rings. The lowest BCUT2D eigenvalue weighted by molar-refractivity contribution is 0.132. The molecule has 6 nitrogen and oxygen atoms in total. The Morgan fingerprint density at radius 2 is 2.11 bits per heavy atom. The average molecular weight is 368 g/mol. The van der Waals surface area contributed by atoms with E-state index in [1.807, 2.05) is 37.3 Å². The molecule has 0 amide bonds. The van der Waals surface area contributed by atoms with E-state index in [9.17, 15) is 0 Å². The van der Waals surface area contributed by atoms with Crippen molar-refractivity contribution >= 4 is 5.96 Å². The number of benzene rings is 1. The molecule has 0 aliphatic carbocycles. The zero-order chi connectivity index (χ0) is 19.1. The first kappa shape index (κ1) is 19.0. The number of aromatic nitrogens is 1. The van der Waals surface area contributed by atoms with Crippen LogP contribution in [0.5, 0.6) is 11.5 Å². The fourth-order valence-electron chi connectivity index (χ4n) is 3.02. The molecular formula is C21H28N4O2. The second-order valence-corrected chi connectivity index (χ2v) is 7.07. The summed E-state index contributed by atoms with van der Waals surface area (Å²) < 4.78 is 12.0. The van der Waals surface area contributed by atoms with E-state index in [4.69, 9.17) is 9.47 Å². The van der Waals surface area contributed by atoms with Crippen molar-refractivity contribution < 1.29 is 9.47 Å². The molecule has 2 aromatic rings. The van der Waals surface area contributed by atoms with Crippen LogP contribution < -0.4 is 20.1 Å². The Hall–Kier alpha value is -2.76. The Kier molecular flexibility index (Phi) is 6.16. The van der Waals surface area contributed by atoms with Gasteiger partial charge in [-0.1, -0.05) is 18.2 Å². The fourth-order valence-corrected chi connectivity index (χ4v) is 3.02. The number of hydrogen-bond acceptors (Lipinski definition) is 4. The van der Waals surface area contributed by atoms with E-state index in [-0.39, 0.29) is 5.60 Å². The van der Waals surface area contributed by atoms with Gasteiger partial charge in [-0.15, -0.1) is 0 Å². The Balaban J connectivity index is 1.51. The quantitative estimate of drug-likeness (QED) is 0.447. The maximum Gasteiger partial charge on any atom is 0.191 e. The highest BCUT2D eigenvalue weighted by atomic mass is 16.5. The SMILES string of the molecule is CCNC(=NCc1ccccn1)NCCOc1cccc2c1OC(C)(C)C2. The van der Waals surface area contributed by atoms with E-state index < -0.39 is 0 Å². The number of fused-ring (bicyclic) bond motifs is 1. The van der Waals surface area contributed by atoms with Gasteiger partial charge in [-0.3, -0.25) is 4.98 Å². The number of rotatable bonds is 7. The smallest absolute Gasteiger partial charge is 0.191 e. The molecule has 144 valence electrons. The van der Waals surface area contributed by atoms with Gasteiger partial charge in [-0.25, -0.2) is 4.99 Å². The normalized spacial score (nSPS) is 15.0. The van der Waals surface area contributed by atoms with Gasteiger partial charge in [-0.2, -0.15) is 0 Å². The van der Waals surface area contributed by atoms with Gasteiger partial charge in [0, 0.05) is 24.7 Å². The van der Waals surface area contributed by atoms with E-state index in [1.54, 1.807) is 6.20 Å². The summed E-state index contributed by atoms with van der Waals surface area (Å²) in [6, 6.07) is 11.9. The summed E-state index contributed by atoms with van der Waals surface area (Å²) in [6.07, 6.45) is 2.68. The van der Waals surface area contributed by atoms with Crippen LogP contribution in [0, 0.1) is 0 Å². The monoisotopic (exact) mass is 368 g/mol. The van der Waals surface area contributed by atoms with Crippen LogP contribution in [0.2, 0.25) is 0 Å². The van der Waals surface area contributed by atoms with E-state index >= 15 is 0 Å². The summed E-state index contributed by atoms with van der Waals surface area (Å²) in [7, 11) is 0. The van der Waals surface area contributed by atoms with Crippen molar-refractivity contribution in [3.8, 4) is 11.5 Å². The summed E-state index contributed by atoms with van der Waals surface area (Å²) in [5.41, 5.74) is 1.97. The third kappa shape index (κ3) is 5.36. The molecule has 0 radical (unpaired) electrons. The molecule has 0 spiro atoms.